The van der Waals surface area contributed by atoms with E-state index in [2.05, 4.69) is 17.2 Å². The van der Waals surface area contributed by atoms with Crippen LogP contribution < -0.4 is 5.32 Å². The molecule has 2 rings (SSSR count). The molecule has 1 aromatic rings. The number of carboxylic acid groups (broad SMARTS) is 1. The summed E-state index contributed by atoms with van der Waals surface area (Å²) in [6, 6.07) is 4.74. The third kappa shape index (κ3) is 2.01. The molecule has 5 nitrogen and oxygen atoms in total. The van der Waals surface area contributed by atoms with Crippen molar-refractivity contribution in [2.75, 3.05) is 5.32 Å². The molecule has 0 bridgehead atoms. The van der Waals surface area contributed by atoms with Crippen molar-refractivity contribution in [2.24, 2.45) is 0 Å². The number of carboxylic acids is 1. The van der Waals surface area contributed by atoms with Gasteiger partial charge in [-0.3, -0.25) is 14.4 Å². The van der Waals surface area contributed by atoms with Crippen LogP contribution in [0.25, 0.3) is 0 Å². The fourth-order valence-electron chi connectivity index (χ4n) is 1.49. The minimum absolute atomic E-state index is 0.275. The standard InChI is InChI=1S/C12H7NO4/c14-9(15)6-2-4-7-3-1-5-8-10(7)13-12(17)11(8)16/h1,3,5H,6H2,(H,14,15)(H,13,16,17). The lowest BCUT2D eigenvalue weighted by Gasteiger charge is -1.99. The maximum absolute atomic E-state index is 11.4. The van der Waals surface area contributed by atoms with E-state index < -0.39 is 17.7 Å². The SMILES string of the molecule is O=C(O)CC#Cc1cccc2c1NC(=O)C2=O. The molecule has 1 heterocycles. The summed E-state index contributed by atoms with van der Waals surface area (Å²) in [6.07, 6.45) is -0.286. The Labute approximate surface area is 96.4 Å². The molecule has 0 fully saturated rings. The van der Waals surface area contributed by atoms with Crippen molar-refractivity contribution in [2.45, 2.75) is 6.42 Å². The largest absolute Gasteiger partial charge is 0.481 e. The first-order valence-corrected chi connectivity index (χ1v) is 4.79. The van der Waals surface area contributed by atoms with E-state index in [9.17, 15) is 14.4 Å². The summed E-state index contributed by atoms with van der Waals surface area (Å²) in [6.45, 7) is 0. The smallest absolute Gasteiger partial charge is 0.315 e. The van der Waals surface area contributed by atoms with E-state index in [1.54, 1.807) is 12.1 Å². The molecule has 2 N–H and O–H groups in total. The van der Waals surface area contributed by atoms with Gasteiger partial charge in [0, 0.05) is 5.56 Å². The van der Waals surface area contributed by atoms with Gasteiger partial charge in [0.2, 0.25) is 0 Å². The summed E-state index contributed by atoms with van der Waals surface area (Å²) in [5, 5.41) is 10.9. The first-order valence-electron chi connectivity index (χ1n) is 4.79. The van der Waals surface area contributed by atoms with Crippen LogP contribution in [0, 0.1) is 11.8 Å². The van der Waals surface area contributed by atoms with Crippen molar-refractivity contribution >= 4 is 23.3 Å². The van der Waals surface area contributed by atoms with Gasteiger partial charge >= 0.3 is 5.97 Å². The molecule has 0 atom stereocenters. The third-order valence-corrected chi connectivity index (χ3v) is 2.22. The molecular weight excluding hydrogens is 222 g/mol. The summed E-state index contributed by atoms with van der Waals surface area (Å²) in [7, 11) is 0. The number of ketones is 1. The Morgan fingerprint density at radius 1 is 1.35 bits per heavy atom. The molecule has 0 saturated carbocycles. The average Bonchev–Trinajstić information content (AvgIpc) is 2.56. The highest BCUT2D eigenvalue weighted by molar-refractivity contribution is 6.51. The average molecular weight is 229 g/mol. The molecule has 0 spiro atoms. The van der Waals surface area contributed by atoms with Gasteiger partial charge in [-0.25, -0.2) is 0 Å². The van der Waals surface area contributed by atoms with Crippen LogP contribution in [0.1, 0.15) is 22.3 Å². The van der Waals surface area contributed by atoms with Crippen LogP contribution in [0.5, 0.6) is 0 Å². The number of para-hydroxylation sites is 1. The Morgan fingerprint density at radius 3 is 2.82 bits per heavy atom. The Balaban J connectivity index is 2.38. The molecule has 1 aliphatic rings. The second-order valence-electron chi connectivity index (χ2n) is 3.38. The second kappa shape index (κ2) is 4.10. The minimum Gasteiger partial charge on any atom is -0.481 e. The maximum Gasteiger partial charge on any atom is 0.315 e. The van der Waals surface area contributed by atoms with Crippen molar-refractivity contribution in [3.63, 3.8) is 0 Å². The highest BCUT2D eigenvalue weighted by Crippen LogP contribution is 2.26. The van der Waals surface area contributed by atoms with Crippen molar-refractivity contribution in [3.8, 4) is 11.8 Å². The number of hydrogen-bond acceptors (Lipinski definition) is 3. The highest BCUT2D eigenvalue weighted by atomic mass is 16.4. The fraction of sp³-hybridized carbons (Fsp3) is 0.0833. The molecule has 0 saturated heterocycles. The van der Waals surface area contributed by atoms with Crippen LogP contribution in [-0.4, -0.2) is 22.8 Å². The van der Waals surface area contributed by atoms with Gasteiger partial charge in [0.25, 0.3) is 11.7 Å². The summed E-state index contributed by atoms with van der Waals surface area (Å²) in [5.74, 6) is 2.76. The van der Waals surface area contributed by atoms with Crippen molar-refractivity contribution in [3.05, 3.63) is 29.3 Å². The van der Waals surface area contributed by atoms with Gasteiger partial charge in [0.05, 0.1) is 11.3 Å². The zero-order valence-electron chi connectivity index (χ0n) is 8.61. The normalized spacial score (nSPS) is 12.5. The number of Topliss-reactive ketones (excluding diaryl/α,β-unsaturated/α-hetero) is 1. The third-order valence-electron chi connectivity index (χ3n) is 2.22. The number of fused-ring (bicyclic) bond motifs is 1. The fourth-order valence-corrected chi connectivity index (χ4v) is 1.49. The van der Waals surface area contributed by atoms with Gasteiger partial charge in [0.1, 0.15) is 6.42 Å². The number of carbonyl (C=O) groups excluding carboxylic acids is 2. The summed E-state index contributed by atoms with van der Waals surface area (Å²) in [5.41, 5.74) is 1.08. The lowest BCUT2D eigenvalue weighted by Crippen LogP contribution is -2.12. The first kappa shape index (κ1) is 10.9. The molecule has 17 heavy (non-hydrogen) atoms. The molecule has 0 radical (unpaired) electrons. The summed E-state index contributed by atoms with van der Waals surface area (Å²) >= 11 is 0. The number of nitrogens with one attached hydrogen (secondary N) is 1. The Kier molecular flexibility index (Phi) is 2.63. The number of benzene rings is 1. The van der Waals surface area contributed by atoms with E-state index in [4.69, 9.17) is 5.11 Å². The van der Waals surface area contributed by atoms with Gasteiger partial charge in [-0.05, 0) is 12.1 Å². The number of anilines is 1. The van der Waals surface area contributed by atoms with E-state index in [1.807, 2.05) is 0 Å². The van der Waals surface area contributed by atoms with Crippen molar-refractivity contribution in [1.29, 1.82) is 0 Å². The van der Waals surface area contributed by atoms with Crippen LogP contribution >= 0.6 is 0 Å². The molecular formula is C12H7NO4. The Bertz CT molecular complexity index is 592. The Hall–Kier alpha value is -2.61. The predicted molar refractivity (Wildman–Crippen MR) is 58.5 cm³/mol. The van der Waals surface area contributed by atoms with Crippen LogP contribution in [0.2, 0.25) is 0 Å². The zero-order valence-corrected chi connectivity index (χ0v) is 8.61. The van der Waals surface area contributed by atoms with Gasteiger partial charge < -0.3 is 10.4 Å². The number of carbonyl (C=O) groups is 3. The lowest BCUT2D eigenvalue weighted by atomic mass is 10.1. The topological polar surface area (TPSA) is 83.5 Å². The van der Waals surface area contributed by atoms with Crippen LogP contribution in [0.15, 0.2) is 18.2 Å². The molecule has 0 unspecified atom stereocenters. The first-order chi connectivity index (χ1) is 8.09. The molecule has 1 aliphatic heterocycles. The molecule has 5 heteroatoms. The number of aliphatic carboxylic acids is 1. The zero-order chi connectivity index (χ0) is 12.4. The van der Waals surface area contributed by atoms with E-state index >= 15 is 0 Å². The molecule has 1 amide bonds. The highest BCUT2D eigenvalue weighted by Gasteiger charge is 2.29. The lowest BCUT2D eigenvalue weighted by molar-refractivity contribution is -0.135. The Morgan fingerprint density at radius 2 is 2.12 bits per heavy atom. The quantitative estimate of drug-likeness (QED) is 0.547. The monoisotopic (exact) mass is 229 g/mol. The number of amides is 1. The van der Waals surface area contributed by atoms with E-state index in [1.165, 1.54) is 6.07 Å². The van der Waals surface area contributed by atoms with Crippen molar-refractivity contribution in [1.82, 2.24) is 0 Å². The van der Waals surface area contributed by atoms with Crippen LogP contribution in [-0.2, 0) is 9.59 Å². The maximum atomic E-state index is 11.4. The summed E-state index contributed by atoms with van der Waals surface area (Å²) < 4.78 is 0. The van der Waals surface area contributed by atoms with Gasteiger partial charge in [-0.2, -0.15) is 0 Å². The van der Waals surface area contributed by atoms with Gasteiger partial charge in [0.15, 0.2) is 0 Å². The van der Waals surface area contributed by atoms with Gasteiger partial charge in [-0.1, -0.05) is 17.9 Å². The summed E-state index contributed by atoms with van der Waals surface area (Å²) in [4.78, 5) is 32.8. The molecule has 0 aromatic heterocycles. The van der Waals surface area contributed by atoms with E-state index in [0.717, 1.165) is 0 Å². The second-order valence-corrected chi connectivity index (χ2v) is 3.38. The predicted octanol–water partition coefficient (Wildman–Crippen LogP) is 0.648. The van der Waals surface area contributed by atoms with E-state index in [0.29, 0.717) is 11.3 Å². The van der Waals surface area contributed by atoms with Gasteiger partial charge in [-0.15, -0.1) is 0 Å². The van der Waals surface area contributed by atoms with Crippen molar-refractivity contribution < 1.29 is 19.5 Å². The number of hydrogen-bond donors (Lipinski definition) is 2. The minimum atomic E-state index is -1.02. The van der Waals surface area contributed by atoms with E-state index in [-0.39, 0.29) is 12.0 Å². The number of rotatable bonds is 1. The molecule has 84 valence electrons. The van der Waals surface area contributed by atoms with Crippen LogP contribution in [0.4, 0.5) is 5.69 Å². The van der Waals surface area contributed by atoms with Crippen LogP contribution in [0.3, 0.4) is 0 Å². The molecule has 0 aliphatic carbocycles. The molecule has 1 aromatic carbocycles.